The van der Waals surface area contributed by atoms with Crippen LogP contribution in [0.25, 0.3) is 0 Å². The van der Waals surface area contributed by atoms with Crippen LogP contribution in [0.2, 0.25) is 0 Å². The number of hydrogen-bond donors (Lipinski definition) is 1. The second kappa shape index (κ2) is 5.07. The second-order valence-electron chi connectivity index (χ2n) is 4.27. The van der Waals surface area contributed by atoms with Gasteiger partial charge in [0.05, 0.1) is 10.5 Å². The summed E-state index contributed by atoms with van der Waals surface area (Å²) in [4.78, 5) is 11.0. The lowest BCUT2D eigenvalue weighted by molar-refractivity contribution is 0.0692. The van der Waals surface area contributed by atoms with E-state index in [9.17, 15) is 13.2 Å². The van der Waals surface area contributed by atoms with Gasteiger partial charge in [0.2, 0.25) is 10.0 Å². The topological polar surface area (TPSA) is 74.7 Å². The number of piperidine rings is 1. The van der Waals surface area contributed by atoms with E-state index < -0.39 is 16.0 Å². The van der Waals surface area contributed by atoms with E-state index in [1.54, 1.807) is 6.07 Å². The van der Waals surface area contributed by atoms with E-state index in [0.29, 0.717) is 13.1 Å². The van der Waals surface area contributed by atoms with Crippen molar-refractivity contribution in [1.82, 2.24) is 4.31 Å². The van der Waals surface area contributed by atoms with Crippen LogP contribution in [-0.2, 0) is 10.0 Å². The highest BCUT2D eigenvalue weighted by Gasteiger charge is 2.29. The van der Waals surface area contributed by atoms with Gasteiger partial charge in [-0.25, -0.2) is 13.2 Å². The third kappa shape index (κ3) is 2.39. The SMILES string of the molecule is O=C(O)c1ccccc1S(=O)(=O)N1CCCCC1. The molecule has 6 heteroatoms. The minimum atomic E-state index is -3.69. The van der Waals surface area contributed by atoms with E-state index in [0.717, 1.165) is 19.3 Å². The molecule has 1 aliphatic heterocycles. The molecule has 0 spiro atoms. The van der Waals surface area contributed by atoms with Gasteiger partial charge in [-0.15, -0.1) is 0 Å². The molecular formula is C12H15NO4S. The van der Waals surface area contributed by atoms with Gasteiger partial charge < -0.3 is 5.11 Å². The molecule has 5 nitrogen and oxygen atoms in total. The summed E-state index contributed by atoms with van der Waals surface area (Å²) < 4.78 is 26.1. The first-order valence-electron chi connectivity index (χ1n) is 5.86. The molecule has 0 saturated carbocycles. The van der Waals surface area contributed by atoms with Crippen molar-refractivity contribution in [3.05, 3.63) is 29.8 Å². The zero-order valence-corrected chi connectivity index (χ0v) is 10.7. The Morgan fingerprint density at radius 3 is 2.33 bits per heavy atom. The monoisotopic (exact) mass is 269 g/mol. The third-order valence-electron chi connectivity index (χ3n) is 3.05. The van der Waals surface area contributed by atoms with Crippen molar-refractivity contribution in [3.8, 4) is 0 Å². The molecule has 1 aromatic rings. The first kappa shape index (κ1) is 13.0. The lowest BCUT2D eigenvalue weighted by Gasteiger charge is -2.26. The van der Waals surface area contributed by atoms with E-state index in [-0.39, 0.29) is 10.5 Å². The number of hydrogen-bond acceptors (Lipinski definition) is 3. The quantitative estimate of drug-likeness (QED) is 0.903. The van der Waals surface area contributed by atoms with Gasteiger partial charge in [-0.05, 0) is 25.0 Å². The third-order valence-corrected chi connectivity index (χ3v) is 5.01. The molecule has 0 amide bonds. The van der Waals surface area contributed by atoms with E-state index in [2.05, 4.69) is 0 Å². The molecular weight excluding hydrogens is 254 g/mol. The normalized spacial score (nSPS) is 17.6. The number of rotatable bonds is 3. The van der Waals surface area contributed by atoms with Crippen molar-refractivity contribution in [1.29, 1.82) is 0 Å². The van der Waals surface area contributed by atoms with Gasteiger partial charge in [-0.1, -0.05) is 18.6 Å². The lowest BCUT2D eigenvalue weighted by Crippen LogP contribution is -2.36. The van der Waals surface area contributed by atoms with Crippen LogP contribution in [0, 0.1) is 0 Å². The van der Waals surface area contributed by atoms with Crippen LogP contribution in [-0.4, -0.2) is 36.9 Å². The summed E-state index contributed by atoms with van der Waals surface area (Å²) in [6, 6.07) is 5.74. The van der Waals surface area contributed by atoms with Gasteiger partial charge in [0.15, 0.2) is 0 Å². The average molecular weight is 269 g/mol. The average Bonchev–Trinajstić information content (AvgIpc) is 2.39. The minimum Gasteiger partial charge on any atom is -0.478 e. The van der Waals surface area contributed by atoms with Crippen LogP contribution in [0.5, 0.6) is 0 Å². The van der Waals surface area contributed by atoms with Crippen molar-refractivity contribution in [2.75, 3.05) is 13.1 Å². The smallest absolute Gasteiger partial charge is 0.337 e. The fourth-order valence-electron chi connectivity index (χ4n) is 2.11. The molecule has 0 bridgehead atoms. The van der Waals surface area contributed by atoms with Gasteiger partial charge in [0.1, 0.15) is 0 Å². The molecule has 1 saturated heterocycles. The largest absolute Gasteiger partial charge is 0.478 e. The predicted molar refractivity (Wildman–Crippen MR) is 66.0 cm³/mol. The molecule has 0 atom stereocenters. The van der Waals surface area contributed by atoms with Crippen LogP contribution in [0.15, 0.2) is 29.2 Å². The Bertz CT molecular complexity index is 547. The number of aromatic carboxylic acids is 1. The zero-order valence-electron chi connectivity index (χ0n) is 9.87. The van der Waals surface area contributed by atoms with Gasteiger partial charge >= 0.3 is 5.97 Å². The van der Waals surface area contributed by atoms with Gasteiger partial charge in [-0.3, -0.25) is 0 Å². The Hall–Kier alpha value is -1.40. The van der Waals surface area contributed by atoms with Crippen LogP contribution in [0.1, 0.15) is 29.6 Å². The molecule has 1 aliphatic rings. The summed E-state index contributed by atoms with van der Waals surface area (Å²) in [6.07, 6.45) is 2.68. The van der Waals surface area contributed by atoms with Gasteiger partial charge in [-0.2, -0.15) is 4.31 Å². The summed E-state index contributed by atoms with van der Waals surface area (Å²) in [6.45, 7) is 0.937. The van der Waals surface area contributed by atoms with Crippen LogP contribution in [0.4, 0.5) is 0 Å². The number of carboxylic acid groups (broad SMARTS) is 1. The highest BCUT2D eigenvalue weighted by Crippen LogP contribution is 2.23. The molecule has 18 heavy (non-hydrogen) atoms. The fourth-order valence-corrected chi connectivity index (χ4v) is 3.81. The Balaban J connectivity index is 2.43. The van der Waals surface area contributed by atoms with Crippen LogP contribution < -0.4 is 0 Å². The molecule has 0 radical (unpaired) electrons. The van der Waals surface area contributed by atoms with Crippen LogP contribution >= 0.6 is 0 Å². The number of carbonyl (C=O) groups is 1. The minimum absolute atomic E-state index is 0.112. The van der Waals surface area contributed by atoms with E-state index in [1.165, 1.54) is 22.5 Å². The molecule has 1 aromatic carbocycles. The summed E-state index contributed by atoms with van der Waals surface area (Å²) in [5.41, 5.74) is -0.164. The van der Waals surface area contributed by atoms with Crippen molar-refractivity contribution < 1.29 is 18.3 Å². The Morgan fingerprint density at radius 1 is 1.11 bits per heavy atom. The summed E-state index contributed by atoms with van der Waals surface area (Å²) >= 11 is 0. The number of benzene rings is 1. The van der Waals surface area contributed by atoms with E-state index >= 15 is 0 Å². The molecule has 2 rings (SSSR count). The van der Waals surface area contributed by atoms with Crippen molar-refractivity contribution >= 4 is 16.0 Å². The molecule has 1 N–H and O–H groups in total. The second-order valence-corrected chi connectivity index (χ2v) is 6.17. The first-order chi connectivity index (χ1) is 8.53. The molecule has 0 unspecified atom stereocenters. The highest BCUT2D eigenvalue weighted by atomic mass is 32.2. The summed E-state index contributed by atoms with van der Waals surface area (Å²) in [7, 11) is -3.69. The van der Waals surface area contributed by atoms with Crippen molar-refractivity contribution in [3.63, 3.8) is 0 Å². The highest BCUT2D eigenvalue weighted by molar-refractivity contribution is 7.89. The molecule has 1 fully saturated rings. The zero-order chi connectivity index (χ0) is 13.2. The first-order valence-corrected chi connectivity index (χ1v) is 7.30. The maximum atomic E-state index is 12.4. The van der Waals surface area contributed by atoms with E-state index in [1.807, 2.05) is 0 Å². The number of nitrogens with zero attached hydrogens (tertiary/aromatic N) is 1. The maximum absolute atomic E-state index is 12.4. The lowest BCUT2D eigenvalue weighted by atomic mass is 10.2. The number of sulfonamides is 1. The molecule has 1 heterocycles. The van der Waals surface area contributed by atoms with Crippen molar-refractivity contribution in [2.45, 2.75) is 24.2 Å². The van der Waals surface area contributed by atoms with Crippen LogP contribution in [0.3, 0.4) is 0 Å². The predicted octanol–water partition coefficient (Wildman–Crippen LogP) is 1.56. The summed E-state index contributed by atoms with van der Waals surface area (Å²) in [5.74, 6) is -1.22. The Morgan fingerprint density at radius 2 is 1.72 bits per heavy atom. The Labute approximate surface area is 106 Å². The molecule has 0 aromatic heterocycles. The van der Waals surface area contributed by atoms with E-state index in [4.69, 9.17) is 5.11 Å². The van der Waals surface area contributed by atoms with Gasteiger partial charge in [0.25, 0.3) is 0 Å². The maximum Gasteiger partial charge on any atom is 0.337 e. The Kier molecular flexibility index (Phi) is 3.68. The molecule has 0 aliphatic carbocycles. The number of carboxylic acids is 1. The standard InChI is InChI=1S/C12H15NO4S/c14-12(15)10-6-2-3-7-11(10)18(16,17)13-8-4-1-5-9-13/h2-3,6-7H,1,4-5,8-9H2,(H,14,15). The fraction of sp³-hybridized carbons (Fsp3) is 0.417. The van der Waals surface area contributed by atoms with Crippen molar-refractivity contribution in [2.24, 2.45) is 0 Å². The summed E-state index contributed by atoms with van der Waals surface area (Å²) in [5, 5.41) is 9.04. The molecule has 98 valence electrons. The van der Waals surface area contributed by atoms with Gasteiger partial charge in [0, 0.05) is 13.1 Å².